The Labute approximate surface area is 88.9 Å². The Kier molecular flexibility index (Phi) is 5.30. The van der Waals surface area contributed by atoms with Gasteiger partial charge in [0.2, 0.25) is 0 Å². The molecule has 0 amide bonds. The van der Waals surface area contributed by atoms with Crippen molar-refractivity contribution in [3.05, 3.63) is 18.3 Å². The maximum Gasteiger partial charge on any atom is 0.707 e. The summed E-state index contributed by atoms with van der Waals surface area (Å²) in [5.41, 5.74) is 0. The lowest BCUT2D eigenvalue weighted by molar-refractivity contribution is 0.287. The minimum Gasteiger partial charge on any atom is -0.511 e. The topological polar surface area (TPSA) is 65.8 Å². The minimum absolute atomic E-state index is 0. The van der Waals surface area contributed by atoms with Crippen LogP contribution in [0.5, 0.6) is 5.75 Å². The average Bonchev–Trinajstić information content (AvgIpc) is 2.04. The third-order valence-corrected chi connectivity index (χ3v) is 1.42. The van der Waals surface area contributed by atoms with Crippen molar-refractivity contribution >= 4 is 25.5 Å². The van der Waals surface area contributed by atoms with Gasteiger partial charge in [-0.3, -0.25) is 0 Å². The summed E-state index contributed by atoms with van der Waals surface area (Å²) in [4.78, 5) is 5.84. The van der Waals surface area contributed by atoms with Crippen molar-refractivity contribution in [2.75, 3.05) is 19.0 Å². The minimum atomic E-state index is -1.80. The number of pyridine rings is 1. The van der Waals surface area contributed by atoms with E-state index in [1.165, 1.54) is 6.20 Å². The molecule has 0 aliphatic carbocycles. The van der Waals surface area contributed by atoms with Crippen molar-refractivity contribution in [3.63, 3.8) is 0 Å². The van der Waals surface area contributed by atoms with Gasteiger partial charge >= 0.3 is 7.32 Å². The van der Waals surface area contributed by atoms with Crippen LogP contribution in [0.15, 0.2) is 18.3 Å². The number of hydrogen-bond donors (Lipinski definition) is 2. The summed E-state index contributed by atoms with van der Waals surface area (Å²) in [6, 6.07) is 3.33. The fourth-order valence-electron chi connectivity index (χ4n) is 0.828. The Morgan fingerprint density at radius 1 is 1.36 bits per heavy atom. The van der Waals surface area contributed by atoms with E-state index in [-0.39, 0.29) is 12.4 Å². The number of aromatic nitrogens is 1. The highest BCUT2D eigenvalue weighted by Crippen LogP contribution is 2.13. The molecular formula is C7H12BClN2O3. The highest BCUT2D eigenvalue weighted by Gasteiger charge is 2.10. The second kappa shape index (κ2) is 5.69. The molecule has 7 heteroatoms. The molecule has 0 aliphatic rings. The Balaban J connectivity index is 0.00000169. The van der Waals surface area contributed by atoms with E-state index in [1.54, 1.807) is 12.1 Å². The standard InChI is InChI=1S/C7H11BN2O3.ClH/c1-10(2)7-4-3-6(5-9-7)13-8(11)12;/h3-5,11-12H,1-2H3;1H. The smallest absolute Gasteiger partial charge is 0.511 e. The number of halogens is 1. The zero-order valence-electron chi connectivity index (χ0n) is 7.91. The van der Waals surface area contributed by atoms with Crippen molar-refractivity contribution in [2.45, 2.75) is 0 Å². The number of nitrogens with zero attached hydrogens (tertiary/aromatic N) is 2. The summed E-state index contributed by atoms with van der Waals surface area (Å²) in [5, 5.41) is 17.0. The maximum absolute atomic E-state index is 8.48. The van der Waals surface area contributed by atoms with Crippen LogP contribution in [-0.4, -0.2) is 36.4 Å². The molecule has 5 nitrogen and oxygen atoms in total. The third-order valence-electron chi connectivity index (χ3n) is 1.42. The van der Waals surface area contributed by atoms with Gasteiger partial charge in [-0.15, -0.1) is 12.4 Å². The summed E-state index contributed by atoms with van der Waals surface area (Å²) in [7, 11) is 1.93. The summed E-state index contributed by atoms with van der Waals surface area (Å²) in [6.07, 6.45) is 1.43. The Morgan fingerprint density at radius 2 is 2.00 bits per heavy atom. The molecule has 0 aliphatic heterocycles. The maximum atomic E-state index is 8.48. The van der Waals surface area contributed by atoms with E-state index in [0.717, 1.165) is 5.82 Å². The van der Waals surface area contributed by atoms with Crippen LogP contribution in [0.3, 0.4) is 0 Å². The zero-order valence-corrected chi connectivity index (χ0v) is 8.73. The van der Waals surface area contributed by atoms with Gasteiger partial charge in [0.1, 0.15) is 11.6 Å². The Morgan fingerprint density at radius 3 is 2.36 bits per heavy atom. The molecule has 78 valence electrons. The molecule has 0 aromatic carbocycles. The first kappa shape index (κ1) is 13.0. The molecule has 0 saturated heterocycles. The van der Waals surface area contributed by atoms with Gasteiger partial charge < -0.3 is 19.6 Å². The van der Waals surface area contributed by atoms with Gasteiger partial charge in [-0.1, -0.05) is 0 Å². The largest absolute Gasteiger partial charge is 0.707 e. The summed E-state index contributed by atoms with van der Waals surface area (Å²) in [5.74, 6) is 1.10. The Hall–Kier alpha value is -0.975. The van der Waals surface area contributed by atoms with Crippen LogP contribution in [0.4, 0.5) is 5.82 Å². The molecule has 0 spiro atoms. The summed E-state index contributed by atoms with van der Waals surface area (Å²) < 4.78 is 4.58. The summed E-state index contributed by atoms with van der Waals surface area (Å²) in [6.45, 7) is 0. The number of rotatable bonds is 3. The number of hydrogen-bond acceptors (Lipinski definition) is 5. The zero-order chi connectivity index (χ0) is 9.84. The van der Waals surface area contributed by atoms with E-state index in [2.05, 4.69) is 9.64 Å². The second-order valence-corrected chi connectivity index (χ2v) is 2.69. The van der Waals surface area contributed by atoms with Gasteiger partial charge in [0.05, 0.1) is 6.20 Å². The predicted molar refractivity (Wildman–Crippen MR) is 56.6 cm³/mol. The van der Waals surface area contributed by atoms with Crippen molar-refractivity contribution in [1.29, 1.82) is 0 Å². The first-order chi connectivity index (χ1) is 6.09. The highest BCUT2D eigenvalue weighted by atomic mass is 35.5. The van der Waals surface area contributed by atoms with Crippen LogP contribution in [0.2, 0.25) is 0 Å². The monoisotopic (exact) mass is 218 g/mol. The fraction of sp³-hybridized carbons (Fsp3) is 0.286. The van der Waals surface area contributed by atoms with Crippen molar-refractivity contribution in [2.24, 2.45) is 0 Å². The second-order valence-electron chi connectivity index (χ2n) is 2.69. The van der Waals surface area contributed by atoms with Gasteiger partial charge in [-0.2, -0.15) is 0 Å². The highest BCUT2D eigenvalue weighted by molar-refractivity contribution is 6.33. The molecule has 1 heterocycles. The van der Waals surface area contributed by atoms with Gasteiger partial charge in [0.25, 0.3) is 0 Å². The average molecular weight is 218 g/mol. The lowest BCUT2D eigenvalue weighted by atomic mass is 10.2. The van der Waals surface area contributed by atoms with E-state index in [9.17, 15) is 0 Å². The van der Waals surface area contributed by atoms with E-state index in [0.29, 0.717) is 5.75 Å². The van der Waals surface area contributed by atoms with Crippen molar-refractivity contribution in [3.8, 4) is 5.75 Å². The summed E-state index contributed by atoms with van der Waals surface area (Å²) >= 11 is 0. The molecule has 2 N–H and O–H groups in total. The SMILES string of the molecule is CN(C)c1ccc(OB(O)O)cn1.Cl. The van der Waals surface area contributed by atoms with Crippen LogP contribution in [-0.2, 0) is 0 Å². The molecule has 0 unspecified atom stereocenters. The van der Waals surface area contributed by atoms with Crippen molar-refractivity contribution in [1.82, 2.24) is 4.98 Å². The van der Waals surface area contributed by atoms with Gasteiger partial charge in [0.15, 0.2) is 0 Å². The van der Waals surface area contributed by atoms with Gasteiger partial charge in [-0.05, 0) is 12.1 Å². The van der Waals surface area contributed by atoms with E-state index in [4.69, 9.17) is 10.0 Å². The van der Waals surface area contributed by atoms with Crippen molar-refractivity contribution < 1.29 is 14.7 Å². The third kappa shape index (κ3) is 3.82. The van der Waals surface area contributed by atoms with Crippen LogP contribution >= 0.6 is 12.4 Å². The molecular weight excluding hydrogens is 206 g/mol. The fourth-order valence-corrected chi connectivity index (χ4v) is 0.828. The molecule has 1 rings (SSSR count). The van der Waals surface area contributed by atoms with E-state index in [1.807, 2.05) is 19.0 Å². The lowest BCUT2D eigenvalue weighted by Gasteiger charge is -2.11. The van der Waals surface area contributed by atoms with Gasteiger partial charge in [-0.25, -0.2) is 4.98 Å². The molecule has 14 heavy (non-hydrogen) atoms. The lowest BCUT2D eigenvalue weighted by Crippen LogP contribution is -2.20. The Bertz CT molecular complexity index is 268. The first-order valence-corrected chi connectivity index (χ1v) is 3.76. The quantitative estimate of drug-likeness (QED) is 0.695. The molecule has 0 saturated carbocycles. The van der Waals surface area contributed by atoms with Crippen LogP contribution in [0.1, 0.15) is 0 Å². The van der Waals surface area contributed by atoms with Gasteiger partial charge in [0, 0.05) is 14.1 Å². The van der Waals surface area contributed by atoms with Crippen LogP contribution in [0.25, 0.3) is 0 Å². The normalized spacial score (nSPS) is 8.86. The molecule has 0 radical (unpaired) electrons. The molecule has 0 fully saturated rings. The first-order valence-electron chi connectivity index (χ1n) is 3.76. The van der Waals surface area contributed by atoms with Crippen LogP contribution < -0.4 is 9.55 Å². The predicted octanol–water partition coefficient (Wildman–Crippen LogP) is -0.0823. The van der Waals surface area contributed by atoms with Crippen LogP contribution in [0, 0.1) is 0 Å². The molecule has 0 bridgehead atoms. The van der Waals surface area contributed by atoms with E-state index < -0.39 is 7.32 Å². The molecule has 0 atom stereocenters. The number of anilines is 1. The van der Waals surface area contributed by atoms with E-state index >= 15 is 0 Å². The molecule has 1 aromatic rings. The molecule has 1 aromatic heterocycles.